The largest absolute Gasteiger partial charge is 0.378 e. The summed E-state index contributed by atoms with van der Waals surface area (Å²) in [6.45, 7) is 4.38. The number of thiophene rings is 1. The summed E-state index contributed by atoms with van der Waals surface area (Å²) in [6.07, 6.45) is 0.996. The number of ether oxygens (including phenoxy) is 1. The summed E-state index contributed by atoms with van der Waals surface area (Å²) >= 11 is 7.65. The second-order valence-electron chi connectivity index (χ2n) is 6.25. The van der Waals surface area contributed by atoms with E-state index in [0.717, 1.165) is 29.5 Å². The molecule has 1 aromatic heterocycles. The lowest BCUT2D eigenvalue weighted by Gasteiger charge is -2.27. The number of hydrogen-bond donors (Lipinski definition) is 1. The van der Waals surface area contributed by atoms with Crippen molar-refractivity contribution in [2.75, 3.05) is 43.1 Å². The van der Waals surface area contributed by atoms with Crippen molar-refractivity contribution >= 4 is 40.3 Å². The zero-order valence-electron chi connectivity index (χ0n) is 13.8. The number of morpholine rings is 1. The van der Waals surface area contributed by atoms with Crippen LogP contribution in [0.15, 0.2) is 30.3 Å². The molecule has 7 heteroatoms. The maximum absolute atomic E-state index is 12.3. The van der Waals surface area contributed by atoms with Gasteiger partial charge in [-0.2, -0.15) is 0 Å². The highest BCUT2D eigenvalue weighted by Gasteiger charge is 2.21. The zero-order chi connectivity index (χ0) is 17.2. The molecule has 5 nitrogen and oxygen atoms in total. The summed E-state index contributed by atoms with van der Waals surface area (Å²) in [4.78, 5) is 17.7. The molecule has 132 valence electrons. The Bertz CT molecular complexity index is 773. The molecule has 2 aromatic rings. The second kappa shape index (κ2) is 7.23. The number of benzene rings is 1. The number of nitrogens with one attached hydrogen (secondary N) is 1. The summed E-state index contributed by atoms with van der Waals surface area (Å²) in [7, 11) is 0. The molecule has 2 amide bonds. The number of hydrogen-bond acceptors (Lipinski definition) is 4. The minimum absolute atomic E-state index is 0.0497. The predicted octanol–water partition coefficient (Wildman–Crippen LogP) is 3.83. The number of halogens is 1. The molecule has 0 spiro atoms. The van der Waals surface area contributed by atoms with Crippen LogP contribution in [0.4, 0.5) is 16.2 Å². The van der Waals surface area contributed by atoms with Crippen molar-refractivity contribution in [3.05, 3.63) is 45.1 Å². The van der Waals surface area contributed by atoms with E-state index in [-0.39, 0.29) is 6.03 Å². The van der Waals surface area contributed by atoms with Crippen molar-refractivity contribution in [1.29, 1.82) is 0 Å². The van der Waals surface area contributed by atoms with E-state index in [4.69, 9.17) is 16.3 Å². The Labute approximate surface area is 156 Å². The molecule has 4 rings (SSSR count). The Kier molecular flexibility index (Phi) is 4.83. The quantitative estimate of drug-likeness (QED) is 0.884. The van der Waals surface area contributed by atoms with Gasteiger partial charge in [-0.25, -0.2) is 4.79 Å². The minimum Gasteiger partial charge on any atom is -0.378 e. The van der Waals surface area contributed by atoms with E-state index >= 15 is 0 Å². The number of nitrogens with zero attached hydrogens (tertiary/aromatic N) is 2. The molecule has 2 aliphatic heterocycles. The molecule has 0 radical (unpaired) electrons. The summed E-state index contributed by atoms with van der Waals surface area (Å²) in [5.74, 6) is 0. The number of rotatable bonds is 3. The van der Waals surface area contributed by atoms with Crippen LogP contribution in [0.25, 0.3) is 0 Å². The fourth-order valence-corrected chi connectivity index (χ4v) is 4.41. The van der Waals surface area contributed by atoms with Gasteiger partial charge in [-0.05, 0) is 42.3 Å². The normalized spacial score (nSPS) is 16.8. The van der Waals surface area contributed by atoms with Crippen molar-refractivity contribution in [2.24, 2.45) is 0 Å². The Morgan fingerprint density at radius 3 is 2.80 bits per heavy atom. The number of fused-ring (bicyclic) bond motifs is 1. The molecule has 1 fully saturated rings. The van der Waals surface area contributed by atoms with E-state index in [1.807, 2.05) is 12.1 Å². The van der Waals surface area contributed by atoms with Crippen LogP contribution in [0.3, 0.4) is 0 Å². The fraction of sp³-hybridized carbons (Fsp3) is 0.389. The van der Waals surface area contributed by atoms with E-state index in [1.165, 1.54) is 16.1 Å². The average molecular weight is 378 g/mol. The van der Waals surface area contributed by atoms with E-state index in [0.29, 0.717) is 26.3 Å². The van der Waals surface area contributed by atoms with Gasteiger partial charge in [0.25, 0.3) is 0 Å². The van der Waals surface area contributed by atoms with Gasteiger partial charge in [0.15, 0.2) is 0 Å². The summed E-state index contributed by atoms with van der Waals surface area (Å²) in [5, 5.41) is 3.01. The molecule has 2 aliphatic rings. The van der Waals surface area contributed by atoms with Crippen LogP contribution in [0.5, 0.6) is 0 Å². The highest BCUT2D eigenvalue weighted by molar-refractivity contribution is 7.16. The third-order valence-electron chi connectivity index (χ3n) is 4.60. The smallest absolute Gasteiger partial charge is 0.321 e. The fourth-order valence-electron chi connectivity index (χ4n) is 3.31. The van der Waals surface area contributed by atoms with E-state index in [1.54, 1.807) is 16.2 Å². The molecular formula is C18H20ClN3O2S. The first-order chi connectivity index (χ1) is 12.2. The molecule has 1 saturated heterocycles. The molecule has 0 aliphatic carbocycles. The monoisotopic (exact) mass is 377 g/mol. The first-order valence-electron chi connectivity index (χ1n) is 8.45. The van der Waals surface area contributed by atoms with Gasteiger partial charge in [0.2, 0.25) is 0 Å². The summed E-state index contributed by atoms with van der Waals surface area (Å²) in [5.41, 5.74) is 3.38. The standard InChI is InChI=1S/C18H20ClN3O2S/c19-17-4-2-15(25-17)12-22-6-5-13-11-14(1-3-16(13)22)20-18(23)21-7-9-24-10-8-21/h1-4,11H,5-10,12H2,(H,20,23). The third kappa shape index (κ3) is 3.76. The summed E-state index contributed by atoms with van der Waals surface area (Å²) in [6, 6.07) is 10.2. The molecule has 1 aromatic carbocycles. The number of carbonyl (C=O) groups is 1. The van der Waals surface area contributed by atoms with Crippen LogP contribution < -0.4 is 10.2 Å². The van der Waals surface area contributed by atoms with Gasteiger partial charge < -0.3 is 19.9 Å². The van der Waals surface area contributed by atoms with Crippen LogP contribution in [-0.2, 0) is 17.7 Å². The SMILES string of the molecule is O=C(Nc1ccc2c(c1)CCN2Cc1ccc(Cl)s1)N1CCOCC1. The topological polar surface area (TPSA) is 44.8 Å². The Balaban J connectivity index is 1.43. The third-order valence-corrected chi connectivity index (χ3v) is 5.81. The van der Waals surface area contributed by atoms with E-state index < -0.39 is 0 Å². The van der Waals surface area contributed by atoms with Gasteiger partial charge in [0.1, 0.15) is 0 Å². The Hall–Kier alpha value is -1.76. The van der Waals surface area contributed by atoms with E-state index in [9.17, 15) is 4.79 Å². The van der Waals surface area contributed by atoms with Crippen molar-refractivity contribution in [1.82, 2.24) is 4.90 Å². The molecule has 0 saturated carbocycles. The van der Waals surface area contributed by atoms with Gasteiger partial charge in [-0.15, -0.1) is 11.3 Å². The molecule has 0 unspecified atom stereocenters. The van der Waals surface area contributed by atoms with Crippen molar-refractivity contribution < 1.29 is 9.53 Å². The lowest BCUT2D eigenvalue weighted by atomic mass is 10.1. The number of anilines is 2. The summed E-state index contributed by atoms with van der Waals surface area (Å²) < 4.78 is 6.12. The van der Waals surface area contributed by atoms with Crippen LogP contribution >= 0.6 is 22.9 Å². The molecule has 0 bridgehead atoms. The predicted molar refractivity (Wildman–Crippen MR) is 102 cm³/mol. The average Bonchev–Trinajstić information content (AvgIpc) is 3.22. The van der Waals surface area contributed by atoms with Gasteiger partial charge in [-0.3, -0.25) is 0 Å². The lowest BCUT2D eigenvalue weighted by molar-refractivity contribution is 0.0564. The van der Waals surface area contributed by atoms with E-state index in [2.05, 4.69) is 28.4 Å². The van der Waals surface area contributed by atoms with Gasteiger partial charge in [0.05, 0.1) is 24.1 Å². The van der Waals surface area contributed by atoms with Crippen molar-refractivity contribution in [3.63, 3.8) is 0 Å². The molecular weight excluding hydrogens is 358 g/mol. The highest BCUT2D eigenvalue weighted by Crippen LogP contribution is 2.33. The van der Waals surface area contributed by atoms with Crippen LogP contribution in [-0.4, -0.2) is 43.8 Å². The molecule has 25 heavy (non-hydrogen) atoms. The first kappa shape index (κ1) is 16.7. The minimum atomic E-state index is -0.0497. The maximum atomic E-state index is 12.3. The van der Waals surface area contributed by atoms with Gasteiger partial charge >= 0.3 is 6.03 Å². The van der Waals surface area contributed by atoms with Gasteiger partial charge in [0, 0.05) is 35.9 Å². The molecule has 0 atom stereocenters. The second-order valence-corrected chi connectivity index (χ2v) is 8.05. The zero-order valence-corrected chi connectivity index (χ0v) is 15.4. The number of urea groups is 1. The molecule has 3 heterocycles. The van der Waals surface area contributed by atoms with Crippen LogP contribution in [0.1, 0.15) is 10.4 Å². The van der Waals surface area contributed by atoms with Crippen LogP contribution in [0.2, 0.25) is 4.34 Å². The van der Waals surface area contributed by atoms with Gasteiger partial charge in [-0.1, -0.05) is 11.6 Å². The number of amides is 2. The highest BCUT2D eigenvalue weighted by atomic mass is 35.5. The first-order valence-corrected chi connectivity index (χ1v) is 9.64. The maximum Gasteiger partial charge on any atom is 0.321 e. The Morgan fingerprint density at radius 1 is 1.20 bits per heavy atom. The number of carbonyl (C=O) groups excluding carboxylic acids is 1. The Morgan fingerprint density at radius 2 is 2.04 bits per heavy atom. The van der Waals surface area contributed by atoms with Crippen LogP contribution in [0, 0.1) is 0 Å². The van der Waals surface area contributed by atoms with Crippen molar-refractivity contribution in [3.8, 4) is 0 Å². The van der Waals surface area contributed by atoms with Crippen molar-refractivity contribution in [2.45, 2.75) is 13.0 Å². The molecule has 1 N–H and O–H groups in total. The lowest BCUT2D eigenvalue weighted by Crippen LogP contribution is -2.43.